The minimum absolute atomic E-state index is 0.0664. The van der Waals surface area contributed by atoms with Crippen LogP contribution in [0.15, 0.2) is 48.8 Å². The van der Waals surface area contributed by atoms with Crippen molar-refractivity contribution >= 4 is 11.7 Å². The summed E-state index contributed by atoms with van der Waals surface area (Å²) in [4.78, 5) is 18.3. The van der Waals surface area contributed by atoms with Gasteiger partial charge in [-0.2, -0.15) is 0 Å². The lowest BCUT2D eigenvalue weighted by atomic mass is 9.99. The van der Waals surface area contributed by atoms with Gasteiger partial charge in [0.15, 0.2) is 0 Å². The number of nitrogens with one attached hydrogen (secondary N) is 1. The zero-order valence-corrected chi connectivity index (χ0v) is 13.9. The van der Waals surface area contributed by atoms with E-state index in [0.29, 0.717) is 12.5 Å². The van der Waals surface area contributed by atoms with Crippen molar-refractivity contribution in [2.24, 2.45) is 5.92 Å². The van der Waals surface area contributed by atoms with Gasteiger partial charge >= 0.3 is 6.03 Å². The minimum Gasteiger partial charge on any atom is -0.493 e. The topological polar surface area (TPSA) is 54.5 Å². The summed E-state index contributed by atoms with van der Waals surface area (Å²) in [6, 6.07) is 11.6. The van der Waals surface area contributed by atoms with Gasteiger partial charge in [-0.15, -0.1) is 0 Å². The summed E-state index contributed by atoms with van der Waals surface area (Å²) in [5.74, 6) is 1.26. The van der Waals surface area contributed by atoms with Crippen molar-refractivity contribution in [2.45, 2.75) is 19.8 Å². The maximum atomic E-state index is 12.4. The number of aromatic nitrogens is 1. The highest BCUT2D eigenvalue weighted by atomic mass is 16.5. The Hall–Kier alpha value is -2.56. The molecule has 2 aromatic rings. The molecule has 0 spiro atoms. The van der Waals surface area contributed by atoms with Crippen molar-refractivity contribution in [1.82, 2.24) is 9.88 Å². The zero-order chi connectivity index (χ0) is 16.8. The smallest absolute Gasteiger partial charge is 0.321 e. The van der Waals surface area contributed by atoms with Crippen molar-refractivity contribution in [1.29, 1.82) is 0 Å². The van der Waals surface area contributed by atoms with Crippen LogP contribution in [0.3, 0.4) is 0 Å². The number of benzene rings is 1. The molecule has 0 saturated carbocycles. The average molecular weight is 325 g/mol. The Balaban J connectivity index is 1.51. The van der Waals surface area contributed by atoms with Gasteiger partial charge in [-0.25, -0.2) is 4.79 Å². The fourth-order valence-electron chi connectivity index (χ4n) is 2.94. The highest BCUT2D eigenvalue weighted by Crippen LogP contribution is 2.20. The second kappa shape index (κ2) is 7.81. The molecule has 5 heteroatoms. The number of nitrogens with zero attached hydrogens (tertiary/aromatic N) is 2. The first-order valence-electron chi connectivity index (χ1n) is 8.36. The fraction of sp³-hybridized carbons (Fsp3) is 0.368. The summed E-state index contributed by atoms with van der Waals surface area (Å²) in [6.07, 6.45) is 5.43. The number of carbonyl (C=O) groups is 1. The lowest BCUT2D eigenvalue weighted by Gasteiger charge is -2.32. The largest absolute Gasteiger partial charge is 0.493 e. The standard InChI is InChI=1S/C19H23N3O2/c1-15-5-2-8-18(11-15)24-14-16-6-4-10-22(13-16)19(23)21-17-7-3-9-20-12-17/h2-3,5,7-9,11-12,16H,4,6,10,13-14H2,1H3,(H,21,23)/t16-/m0/s1. The first-order valence-corrected chi connectivity index (χ1v) is 8.36. The molecular formula is C19H23N3O2. The van der Waals surface area contributed by atoms with Crippen LogP contribution in [0.1, 0.15) is 18.4 Å². The predicted octanol–water partition coefficient (Wildman–Crippen LogP) is 3.71. The molecule has 1 aromatic carbocycles. The third-order valence-corrected chi connectivity index (χ3v) is 4.19. The Bertz CT molecular complexity index is 675. The molecule has 2 amide bonds. The number of hydrogen-bond acceptors (Lipinski definition) is 3. The van der Waals surface area contributed by atoms with Crippen molar-refractivity contribution < 1.29 is 9.53 Å². The summed E-state index contributed by atoms with van der Waals surface area (Å²) in [6.45, 7) is 4.20. The van der Waals surface area contributed by atoms with Crippen LogP contribution >= 0.6 is 0 Å². The van der Waals surface area contributed by atoms with E-state index >= 15 is 0 Å². The number of anilines is 1. The van der Waals surface area contributed by atoms with E-state index in [1.807, 2.05) is 35.2 Å². The number of carbonyl (C=O) groups excluding carboxylic acids is 1. The van der Waals surface area contributed by atoms with Crippen LogP contribution in [0.5, 0.6) is 5.75 Å². The van der Waals surface area contributed by atoms with Crippen molar-refractivity contribution in [3.05, 3.63) is 54.4 Å². The molecule has 1 aromatic heterocycles. The molecule has 0 radical (unpaired) electrons. The van der Waals surface area contributed by atoms with Gasteiger partial charge in [0.2, 0.25) is 0 Å². The van der Waals surface area contributed by atoms with Crippen LogP contribution in [0.4, 0.5) is 10.5 Å². The number of likely N-dealkylation sites (tertiary alicyclic amines) is 1. The summed E-state index contributed by atoms with van der Waals surface area (Å²) >= 11 is 0. The lowest BCUT2D eigenvalue weighted by molar-refractivity contribution is 0.145. The third-order valence-electron chi connectivity index (χ3n) is 4.19. The maximum Gasteiger partial charge on any atom is 0.321 e. The Morgan fingerprint density at radius 1 is 1.38 bits per heavy atom. The molecule has 1 N–H and O–H groups in total. The van der Waals surface area contributed by atoms with E-state index in [9.17, 15) is 4.79 Å². The number of aryl methyl sites for hydroxylation is 1. The Morgan fingerprint density at radius 3 is 3.08 bits per heavy atom. The third kappa shape index (κ3) is 4.47. The van der Waals surface area contributed by atoms with Crippen LogP contribution in [-0.2, 0) is 0 Å². The normalized spacial score (nSPS) is 17.4. The zero-order valence-electron chi connectivity index (χ0n) is 13.9. The van der Waals surface area contributed by atoms with E-state index in [1.165, 1.54) is 5.56 Å². The number of hydrogen-bond donors (Lipinski definition) is 1. The number of urea groups is 1. The highest BCUT2D eigenvalue weighted by Gasteiger charge is 2.24. The monoisotopic (exact) mass is 325 g/mol. The summed E-state index contributed by atoms with van der Waals surface area (Å²) in [7, 11) is 0. The molecule has 24 heavy (non-hydrogen) atoms. The molecule has 3 rings (SSSR count). The number of amides is 2. The molecule has 126 valence electrons. The lowest BCUT2D eigenvalue weighted by Crippen LogP contribution is -2.43. The maximum absolute atomic E-state index is 12.4. The molecule has 1 atom stereocenters. The van der Waals surface area contributed by atoms with Crippen LogP contribution in [-0.4, -0.2) is 35.6 Å². The molecule has 1 fully saturated rings. The molecule has 5 nitrogen and oxygen atoms in total. The van der Waals surface area contributed by atoms with Crippen LogP contribution < -0.4 is 10.1 Å². The van der Waals surface area contributed by atoms with E-state index in [1.54, 1.807) is 12.4 Å². The Labute approximate surface area is 142 Å². The first-order chi connectivity index (χ1) is 11.7. The van der Waals surface area contributed by atoms with Crippen molar-refractivity contribution in [2.75, 3.05) is 25.0 Å². The first kappa shape index (κ1) is 16.3. The van der Waals surface area contributed by atoms with E-state index < -0.39 is 0 Å². The number of pyridine rings is 1. The molecule has 0 bridgehead atoms. The number of piperidine rings is 1. The van der Waals surface area contributed by atoms with Gasteiger partial charge in [-0.3, -0.25) is 4.98 Å². The van der Waals surface area contributed by atoms with Gasteiger partial charge in [0, 0.05) is 25.2 Å². The quantitative estimate of drug-likeness (QED) is 0.932. The predicted molar refractivity (Wildman–Crippen MR) is 94.2 cm³/mol. The van der Waals surface area contributed by atoms with Crippen LogP contribution in [0.25, 0.3) is 0 Å². The van der Waals surface area contributed by atoms with E-state index in [-0.39, 0.29) is 6.03 Å². The molecular weight excluding hydrogens is 302 g/mol. The van der Waals surface area contributed by atoms with Gasteiger partial charge in [0.25, 0.3) is 0 Å². The summed E-state index contributed by atoms with van der Waals surface area (Å²) < 4.78 is 5.90. The minimum atomic E-state index is -0.0664. The molecule has 0 unspecified atom stereocenters. The molecule has 0 aliphatic carbocycles. The van der Waals surface area contributed by atoms with Crippen LogP contribution in [0, 0.1) is 12.8 Å². The summed E-state index contributed by atoms with van der Waals surface area (Å²) in [5.41, 5.74) is 1.91. The average Bonchev–Trinajstić information content (AvgIpc) is 2.61. The Morgan fingerprint density at radius 2 is 2.29 bits per heavy atom. The molecule has 2 heterocycles. The van der Waals surface area contributed by atoms with E-state index in [4.69, 9.17) is 4.74 Å². The van der Waals surface area contributed by atoms with Crippen LogP contribution in [0.2, 0.25) is 0 Å². The highest BCUT2D eigenvalue weighted by molar-refractivity contribution is 5.89. The number of ether oxygens (including phenoxy) is 1. The van der Waals surface area contributed by atoms with Crippen molar-refractivity contribution in [3.63, 3.8) is 0 Å². The Kier molecular flexibility index (Phi) is 5.31. The van der Waals surface area contributed by atoms with Gasteiger partial charge in [0.05, 0.1) is 18.5 Å². The second-order valence-corrected chi connectivity index (χ2v) is 6.25. The van der Waals surface area contributed by atoms with Crippen molar-refractivity contribution in [3.8, 4) is 5.75 Å². The van der Waals surface area contributed by atoms with Gasteiger partial charge in [-0.05, 0) is 49.6 Å². The van der Waals surface area contributed by atoms with Gasteiger partial charge in [0.1, 0.15) is 5.75 Å². The summed E-state index contributed by atoms with van der Waals surface area (Å²) in [5, 5.41) is 2.90. The molecule has 1 saturated heterocycles. The number of rotatable bonds is 4. The SMILES string of the molecule is Cc1cccc(OC[C@H]2CCCN(C(=O)Nc3cccnc3)C2)c1. The molecule has 1 aliphatic rings. The van der Waals surface area contributed by atoms with Gasteiger partial charge < -0.3 is 15.0 Å². The van der Waals surface area contributed by atoms with Gasteiger partial charge in [-0.1, -0.05) is 12.1 Å². The fourth-order valence-corrected chi connectivity index (χ4v) is 2.94. The van der Waals surface area contributed by atoms with E-state index in [2.05, 4.69) is 23.3 Å². The molecule has 1 aliphatic heterocycles. The van der Waals surface area contributed by atoms with E-state index in [0.717, 1.165) is 37.4 Å². The second-order valence-electron chi connectivity index (χ2n) is 6.25.